The second kappa shape index (κ2) is 8.89. The summed E-state index contributed by atoms with van der Waals surface area (Å²) in [6.07, 6.45) is 0.297. The van der Waals surface area contributed by atoms with Crippen molar-refractivity contribution in [3.05, 3.63) is 5.15 Å². The van der Waals surface area contributed by atoms with E-state index in [1.807, 2.05) is 13.8 Å². The van der Waals surface area contributed by atoms with Gasteiger partial charge in [-0.3, -0.25) is 0 Å². The fourth-order valence-electron chi connectivity index (χ4n) is 3.75. The summed E-state index contributed by atoms with van der Waals surface area (Å²) in [5, 5.41) is 13.4. The van der Waals surface area contributed by atoms with Crippen molar-refractivity contribution >= 4 is 34.9 Å². The highest BCUT2D eigenvalue weighted by molar-refractivity contribution is 7.99. The van der Waals surface area contributed by atoms with Crippen LogP contribution in [0.4, 0.5) is 11.5 Å². The first-order chi connectivity index (χ1) is 13.3. The highest BCUT2D eigenvalue weighted by Crippen LogP contribution is 2.44. The summed E-state index contributed by atoms with van der Waals surface area (Å²) in [6.45, 7) is 8.11. The van der Waals surface area contributed by atoms with Crippen molar-refractivity contribution in [2.24, 2.45) is 5.92 Å². The van der Waals surface area contributed by atoms with Gasteiger partial charge in [0.2, 0.25) is 0 Å². The number of halogens is 1. The van der Waals surface area contributed by atoms with Crippen LogP contribution < -0.4 is 11.1 Å². The molecule has 1 aromatic heterocycles. The molecule has 4 N–H and O–H groups in total. The lowest BCUT2D eigenvalue weighted by Gasteiger charge is -2.29. The number of fused-ring (bicyclic) bond motifs is 1. The first-order valence-corrected chi connectivity index (χ1v) is 10.9. The van der Waals surface area contributed by atoms with E-state index in [1.165, 1.54) is 11.8 Å². The third kappa shape index (κ3) is 4.49. The Balaban J connectivity index is 1.85. The Kier molecular flexibility index (Phi) is 6.94. The van der Waals surface area contributed by atoms with Gasteiger partial charge in [0.05, 0.1) is 25.4 Å². The molecular weight excluding hydrogens is 404 g/mol. The molecule has 1 aliphatic heterocycles. The van der Waals surface area contributed by atoms with Gasteiger partial charge in [-0.25, -0.2) is 9.97 Å². The van der Waals surface area contributed by atoms with Crippen LogP contribution >= 0.6 is 23.4 Å². The van der Waals surface area contributed by atoms with Gasteiger partial charge in [-0.15, -0.1) is 0 Å². The second-order valence-corrected chi connectivity index (χ2v) is 8.98. The van der Waals surface area contributed by atoms with Gasteiger partial charge in [-0.05, 0) is 20.3 Å². The molecule has 5 atom stereocenters. The highest BCUT2D eigenvalue weighted by Gasteiger charge is 2.58. The normalized spacial score (nSPS) is 31.1. The molecule has 1 saturated carbocycles. The average molecular weight is 433 g/mol. The Bertz CT molecular complexity index is 696. The standard InChI is InChI=1S/C18H29ClN4O4S/c1-5-8-28-17-22-15(19)10(20)16(23-17)21-11-9(2)12(25-7-6-24)14-13(11)26-18(3,4)27-14/h9,11-14,24H,5-8,20H2,1-4H3,(H,21,22,23). The first kappa shape index (κ1) is 21.9. The maximum atomic E-state index is 9.16. The molecule has 28 heavy (non-hydrogen) atoms. The largest absolute Gasteiger partial charge is 0.394 e. The first-order valence-electron chi connectivity index (χ1n) is 9.57. The Morgan fingerprint density at radius 2 is 2.04 bits per heavy atom. The number of aliphatic hydroxyl groups is 1. The number of aromatic nitrogens is 2. The molecule has 2 fully saturated rings. The van der Waals surface area contributed by atoms with E-state index >= 15 is 0 Å². The van der Waals surface area contributed by atoms with Crippen LogP contribution in [-0.2, 0) is 14.2 Å². The average Bonchev–Trinajstić information content (AvgIpc) is 3.06. The summed E-state index contributed by atoms with van der Waals surface area (Å²) in [6, 6.07) is -0.146. The Hall–Kier alpha value is -0.840. The maximum absolute atomic E-state index is 9.16. The zero-order chi connectivity index (χ0) is 20.5. The molecule has 10 heteroatoms. The number of nitrogens with two attached hydrogens (primary N) is 1. The van der Waals surface area contributed by atoms with Crippen LogP contribution in [0.2, 0.25) is 5.15 Å². The van der Waals surface area contributed by atoms with Gasteiger partial charge in [0.25, 0.3) is 0 Å². The summed E-state index contributed by atoms with van der Waals surface area (Å²) in [4.78, 5) is 8.81. The number of nitrogens with zero attached hydrogens (tertiary/aromatic N) is 2. The number of ether oxygens (including phenoxy) is 3. The van der Waals surface area contributed by atoms with E-state index in [2.05, 4.69) is 29.1 Å². The van der Waals surface area contributed by atoms with E-state index in [9.17, 15) is 0 Å². The molecule has 0 aromatic carbocycles. The van der Waals surface area contributed by atoms with Crippen molar-refractivity contribution in [2.45, 2.75) is 69.4 Å². The fourth-order valence-corrected chi connectivity index (χ4v) is 4.67. The Labute approximate surface area is 174 Å². The van der Waals surface area contributed by atoms with Gasteiger partial charge in [-0.1, -0.05) is 37.2 Å². The van der Waals surface area contributed by atoms with Crippen LogP contribution in [0.25, 0.3) is 0 Å². The van der Waals surface area contributed by atoms with E-state index in [4.69, 9.17) is 36.7 Å². The molecule has 0 bridgehead atoms. The van der Waals surface area contributed by atoms with Crippen molar-refractivity contribution < 1.29 is 19.3 Å². The lowest BCUT2D eigenvalue weighted by atomic mass is 10.0. The minimum atomic E-state index is -0.715. The third-order valence-corrected chi connectivity index (χ3v) is 6.29. The number of nitrogens with one attached hydrogen (secondary N) is 1. The van der Waals surface area contributed by atoms with Crippen LogP contribution in [-0.4, -0.2) is 64.2 Å². The maximum Gasteiger partial charge on any atom is 0.191 e. The smallest absolute Gasteiger partial charge is 0.191 e. The van der Waals surface area contributed by atoms with Crippen molar-refractivity contribution in [1.82, 2.24) is 9.97 Å². The summed E-state index contributed by atoms with van der Waals surface area (Å²) >= 11 is 7.77. The van der Waals surface area contributed by atoms with Crippen LogP contribution in [0.1, 0.15) is 34.1 Å². The minimum Gasteiger partial charge on any atom is -0.394 e. The lowest BCUT2D eigenvalue weighted by molar-refractivity contribution is -0.173. The molecule has 0 spiro atoms. The number of aliphatic hydroxyl groups excluding tert-OH is 1. The van der Waals surface area contributed by atoms with Gasteiger partial charge in [-0.2, -0.15) is 0 Å². The summed E-state index contributed by atoms with van der Waals surface area (Å²) in [5.74, 6) is 0.711. The summed E-state index contributed by atoms with van der Waals surface area (Å²) in [5.41, 5.74) is 6.45. The van der Waals surface area contributed by atoms with Crippen molar-refractivity contribution in [3.63, 3.8) is 0 Å². The van der Waals surface area contributed by atoms with E-state index < -0.39 is 5.79 Å². The number of anilines is 2. The van der Waals surface area contributed by atoms with Gasteiger partial charge in [0.15, 0.2) is 21.9 Å². The third-order valence-electron chi connectivity index (χ3n) is 4.94. The van der Waals surface area contributed by atoms with Crippen molar-refractivity contribution in [1.29, 1.82) is 0 Å². The zero-order valence-corrected chi connectivity index (χ0v) is 18.2. The lowest BCUT2D eigenvalue weighted by Crippen LogP contribution is -2.38. The van der Waals surface area contributed by atoms with Crippen molar-refractivity contribution in [3.8, 4) is 0 Å². The molecule has 1 saturated heterocycles. The molecule has 5 unspecified atom stereocenters. The van der Waals surface area contributed by atoms with Gasteiger partial charge in [0.1, 0.15) is 17.9 Å². The SMILES string of the molecule is CCCSc1nc(Cl)c(N)c(NC2C(C)C(OCCO)C3OC(C)(C)OC23)n1. The van der Waals surface area contributed by atoms with E-state index in [0.717, 1.165) is 12.2 Å². The number of rotatable bonds is 8. The molecule has 1 aliphatic carbocycles. The molecule has 1 aromatic rings. The van der Waals surface area contributed by atoms with Crippen LogP contribution in [0.3, 0.4) is 0 Å². The predicted octanol–water partition coefficient (Wildman–Crippen LogP) is 2.54. The van der Waals surface area contributed by atoms with E-state index in [1.54, 1.807) is 0 Å². The summed E-state index contributed by atoms with van der Waals surface area (Å²) in [7, 11) is 0. The fraction of sp³-hybridized carbons (Fsp3) is 0.778. The van der Waals surface area contributed by atoms with E-state index in [0.29, 0.717) is 16.7 Å². The van der Waals surface area contributed by atoms with Gasteiger partial charge < -0.3 is 30.4 Å². The van der Waals surface area contributed by atoms with Crippen LogP contribution in [0.15, 0.2) is 5.16 Å². The van der Waals surface area contributed by atoms with Gasteiger partial charge >= 0.3 is 0 Å². The molecular formula is C18H29ClN4O4S. The molecule has 3 rings (SSSR count). The van der Waals surface area contributed by atoms with E-state index in [-0.39, 0.29) is 48.6 Å². The predicted molar refractivity (Wildman–Crippen MR) is 110 cm³/mol. The minimum absolute atomic E-state index is 0.0394. The summed E-state index contributed by atoms with van der Waals surface area (Å²) < 4.78 is 18.1. The zero-order valence-electron chi connectivity index (χ0n) is 16.6. The topological polar surface area (TPSA) is 112 Å². The number of nitrogen functional groups attached to an aromatic ring is 1. The Morgan fingerprint density at radius 3 is 2.71 bits per heavy atom. The quantitative estimate of drug-likeness (QED) is 0.324. The number of hydrogen-bond acceptors (Lipinski definition) is 9. The van der Waals surface area contributed by atoms with Crippen molar-refractivity contribution in [2.75, 3.05) is 30.0 Å². The molecule has 2 heterocycles. The number of thioether (sulfide) groups is 1. The second-order valence-electron chi connectivity index (χ2n) is 7.56. The van der Waals surface area contributed by atoms with Crippen LogP contribution in [0.5, 0.6) is 0 Å². The Morgan fingerprint density at radius 1 is 1.32 bits per heavy atom. The molecule has 8 nitrogen and oxygen atoms in total. The van der Waals surface area contributed by atoms with Crippen LogP contribution in [0, 0.1) is 5.92 Å². The number of hydrogen-bond donors (Lipinski definition) is 3. The monoisotopic (exact) mass is 432 g/mol. The molecule has 158 valence electrons. The highest BCUT2D eigenvalue weighted by atomic mass is 35.5. The van der Waals surface area contributed by atoms with Gasteiger partial charge in [0, 0.05) is 11.7 Å². The molecule has 0 amide bonds. The molecule has 2 aliphatic rings. The molecule has 0 radical (unpaired) electrons.